The first kappa shape index (κ1) is 31.0. The predicted octanol–water partition coefficient (Wildman–Crippen LogP) is 5.60. The molecule has 2 fully saturated rings. The van der Waals surface area contributed by atoms with Crippen molar-refractivity contribution < 1.29 is 23.8 Å². The molecule has 1 saturated heterocycles. The van der Waals surface area contributed by atoms with Crippen LogP contribution in [0.3, 0.4) is 0 Å². The van der Waals surface area contributed by atoms with Gasteiger partial charge in [-0.15, -0.1) is 0 Å². The average Bonchev–Trinajstić information content (AvgIpc) is 3.02. The van der Waals surface area contributed by atoms with Gasteiger partial charge < -0.3 is 24.4 Å². The number of benzene rings is 2. The van der Waals surface area contributed by atoms with Gasteiger partial charge in [-0.2, -0.15) is 9.28 Å². The third kappa shape index (κ3) is 6.24. The summed E-state index contributed by atoms with van der Waals surface area (Å²) in [5.74, 6) is 0.944. The Morgan fingerprint density at radius 3 is 2.62 bits per heavy atom. The van der Waals surface area contributed by atoms with Crippen molar-refractivity contribution in [3.05, 3.63) is 52.5 Å². The fourth-order valence-electron chi connectivity index (χ4n) is 6.90. The molecule has 1 saturated carbocycles. The van der Waals surface area contributed by atoms with Gasteiger partial charge in [-0.05, 0) is 74.4 Å². The molecule has 1 aliphatic carbocycles. The van der Waals surface area contributed by atoms with Crippen molar-refractivity contribution in [2.24, 2.45) is 11.8 Å². The van der Waals surface area contributed by atoms with E-state index in [-0.39, 0.29) is 35.1 Å². The molecule has 2 aromatic carbocycles. The highest BCUT2D eigenvalue weighted by atomic mass is 35.5. The topological polar surface area (TPSA) is 77.1 Å². The van der Waals surface area contributed by atoms with Crippen LogP contribution in [0.4, 0.5) is 10.5 Å². The molecule has 1 unspecified atom stereocenters. The molecule has 1 N–H and O–H groups in total. The summed E-state index contributed by atoms with van der Waals surface area (Å²) in [7, 11) is 5.27. The molecule has 2 heterocycles. The standard InChI is InChI=1S/C33H45ClN3O5/c1-5-22-17-25-19-26(18-22)37(3,33(39)40-4)14-16-42-31(27-7-6-8-28(34)30(25)27)29-21-36(13-15-41-29)32(38)24-11-9-23(10-12-24)20-35-2/h6-8,17-19,23-24,29,31,35H,5,9-16,20-21H2,1-4H3/q+1/t23?,24?,29-,31+,37?/m1/s1. The summed E-state index contributed by atoms with van der Waals surface area (Å²) < 4.78 is 18.2. The number of morpholine rings is 1. The lowest BCUT2D eigenvalue weighted by Gasteiger charge is -2.40. The van der Waals surface area contributed by atoms with Crippen molar-refractivity contribution in [3.8, 4) is 11.1 Å². The van der Waals surface area contributed by atoms with E-state index in [0.29, 0.717) is 37.2 Å². The van der Waals surface area contributed by atoms with Gasteiger partial charge in [0.05, 0.1) is 27.4 Å². The van der Waals surface area contributed by atoms with Crippen LogP contribution in [0.2, 0.25) is 5.02 Å². The van der Waals surface area contributed by atoms with Crippen LogP contribution in [0.1, 0.15) is 49.8 Å². The second-order valence-corrected chi connectivity index (χ2v) is 12.5. The number of likely N-dealkylation sites (N-methyl/N-ethyl adjacent to an activating group) is 1. The summed E-state index contributed by atoms with van der Waals surface area (Å²) in [5, 5.41) is 3.88. The Bertz CT molecular complexity index is 1280. The van der Waals surface area contributed by atoms with Crippen LogP contribution in [-0.2, 0) is 25.4 Å². The first-order valence-corrected chi connectivity index (χ1v) is 15.7. The van der Waals surface area contributed by atoms with Crippen molar-refractivity contribution in [1.82, 2.24) is 14.7 Å². The highest BCUT2D eigenvalue weighted by Gasteiger charge is 2.41. The second kappa shape index (κ2) is 13.4. The molecule has 0 spiro atoms. The molecule has 3 atom stereocenters. The van der Waals surface area contributed by atoms with Crippen molar-refractivity contribution in [3.63, 3.8) is 0 Å². The van der Waals surface area contributed by atoms with Crippen LogP contribution in [0.15, 0.2) is 36.4 Å². The molecule has 8 nitrogen and oxygen atoms in total. The van der Waals surface area contributed by atoms with Crippen molar-refractivity contribution in [1.29, 1.82) is 0 Å². The number of carbonyl (C=O) groups excluding carboxylic acids is 2. The van der Waals surface area contributed by atoms with Gasteiger partial charge in [0.15, 0.2) is 0 Å². The van der Waals surface area contributed by atoms with Crippen molar-refractivity contribution in [2.45, 2.75) is 51.2 Å². The highest BCUT2D eigenvalue weighted by molar-refractivity contribution is 6.33. The molecule has 2 amide bonds. The van der Waals surface area contributed by atoms with Crippen LogP contribution in [0.5, 0.6) is 0 Å². The number of ether oxygens (including phenoxy) is 3. The zero-order valence-corrected chi connectivity index (χ0v) is 26.1. The Hall–Kier alpha value is -2.49. The summed E-state index contributed by atoms with van der Waals surface area (Å²) in [4.78, 5) is 28.8. The number of rotatable bonds is 5. The number of quaternary nitrogens is 1. The number of halogens is 1. The normalized spacial score (nSPS) is 28.1. The molecule has 2 aromatic rings. The Labute approximate surface area is 254 Å². The summed E-state index contributed by atoms with van der Waals surface area (Å²) >= 11 is 6.93. The minimum absolute atomic E-state index is 0.0593. The molecule has 9 heteroatoms. The summed E-state index contributed by atoms with van der Waals surface area (Å²) in [5.41, 5.74) is 4.67. The number of carbonyl (C=O) groups is 2. The Morgan fingerprint density at radius 1 is 1.12 bits per heavy atom. The van der Waals surface area contributed by atoms with Crippen LogP contribution < -0.4 is 9.80 Å². The van der Waals surface area contributed by atoms with E-state index < -0.39 is 6.10 Å². The van der Waals surface area contributed by atoms with Crippen LogP contribution >= 0.6 is 11.6 Å². The lowest BCUT2D eigenvalue weighted by Crippen LogP contribution is -2.53. The minimum Gasteiger partial charge on any atom is -0.423 e. The van der Waals surface area contributed by atoms with Gasteiger partial charge in [0.25, 0.3) is 0 Å². The van der Waals surface area contributed by atoms with E-state index >= 15 is 0 Å². The zero-order valence-electron chi connectivity index (χ0n) is 25.4. The SMILES string of the molecule is CCc1cc2cc(c1)[N+](C)(C(=O)OC)CCO[C@H]([C@H]1CN(C(=O)C3CCC(CNC)CC3)CCO1)c1cccc(Cl)c1-2. The number of hydrogen-bond acceptors (Lipinski definition) is 6. The number of aryl methyl sites for hydroxylation is 1. The lowest BCUT2D eigenvalue weighted by molar-refractivity contribution is -0.153. The van der Waals surface area contributed by atoms with Gasteiger partial charge in [0.1, 0.15) is 24.4 Å². The van der Waals surface area contributed by atoms with Gasteiger partial charge in [0, 0.05) is 41.7 Å². The van der Waals surface area contributed by atoms with E-state index in [9.17, 15) is 9.59 Å². The van der Waals surface area contributed by atoms with Gasteiger partial charge in [-0.1, -0.05) is 36.7 Å². The van der Waals surface area contributed by atoms with Crippen LogP contribution in [0.25, 0.3) is 11.1 Å². The smallest absolute Gasteiger partial charge is 0.423 e. The third-order valence-corrected chi connectivity index (χ3v) is 9.76. The predicted molar refractivity (Wildman–Crippen MR) is 166 cm³/mol. The average molecular weight is 599 g/mol. The molecule has 3 aliphatic rings. The number of fused-ring (bicyclic) bond motifs is 4. The molecule has 2 aliphatic heterocycles. The zero-order chi connectivity index (χ0) is 29.9. The van der Waals surface area contributed by atoms with Crippen LogP contribution in [0, 0.1) is 11.8 Å². The minimum atomic E-state index is -0.474. The first-order chi connectivity index (χ1) is 20.3. The van der Waals surface area contributed by atoms with E-state index in [1.165, 1.54) is 7.11 Å². The Kier molecular flexibility index (Phi) is 9.90. The van der Waals surface area contributed by atoms with E-state index in [1.807, 2.05) is 43.3 Å². The maximum Gasteiger partial charge on any atom is 0.520 e. The number of nitrogens with one attached hydrogen (secondary N) is 1. The largest absolute Gasteiger partial charge is 0.520 e. The number of hydrogen-bond donors (Lipinski definition) is 1. The molecular weight excluding hydrogens is 554 g/mol. The summed E-state index contributed by atoms with van der Waals surface area (Å²) in [6, 6.07) is 12.1. The second-order valence-electron chi connectivity index (χ2n) is 12.1. The van der Waals surface area contributed by atoms with Gasteiger partial charge in [-0.25, -0.2) is 0 Å². The molecule has 0 radical (unpaired) electrons. The van der Waals surface area contributed by atoms with E-state index in [4.69, 9.17) is 25.8 Å². The maximum absolute atomic E-state index is 13.7. The Morgan fingerprint density at radius 2 is 1.90 bits per heavy atom. The summed E-state index contributed by atoms with van der Waals surface area (Å²) in [6.07, 6.45) is 3.64. The van der Waals surface area contributed by atoms with E-state index in [2.05, 4.69) is 24.4 Å². The number of amides is 2. The van der Waals surface area contributed by atoms with E-state index in [1.54, 1.807) is 0 Å². The monoisotopic (exact) mass is 598 g/mol. The fourth-order valence-corrected chi connectivity index (χ4v) is 7.19. The van der Waals surface area contributed by atoms with Gasteiger partial charge in [0.2, 0.25) is 5.91 Å². The third-order valence-electron chi connectivity index (χ3n) is 9.44. The summed E-state index contributed by atoms with van der Waals surface area (Å²) in [6.45, 7) is 5.28. The fraction of sp³-hybridized carbons (Fsp3) is 0.576. The quantitative estimate of drug-likeness (QED) is 0.452. The lowest BCUT2D eigenvalue weighted by atomic mass is 9.81. The van der Waals surface area contributed by atoms with Crippen LogP contribution in [-0.4, -0.2) is 83.6 Å². The first-order valence-electron chi connectivity index (χ1n) is 15.3. The highest BCUT2D eigenvalue weighted by Crippen LogP contribution is 2.42. The molecule has 0 aromatic heterocycles. The van der Waals surface area contributed by atoms with Crippen molar-refractivity contribution >= 4 is 29.3 Å². The van der Waals surface area contributed by atoms with Gasteiger partial charge >= 0.3 is 6.09 Å². The van der Waals surface area contributed by atoms with Gasteiger partial charge in [-0.3, -0.25) is 4.79 Å². The Balaban J connectivity index is 1.48. The maximum atomic E-state index is 13.7. The molecule has 228 valence electrons. The molecule has 5 rings (SSSR count). The number of methoxy groups -OCH3 is 1. The number of nitrogens with zero attached hydrogens (tertiary/aromatic N) is 2. The molecule has 2 bridgehead atoms. The molecular formula is C33H45ClN3O5+. The molecule has 42 heavy (non-hydrogen) atoms. The van der Waals surface area contributed by atoms with E-state index in [0.717, 1.165) is 66.6 Å². The van der Waals surface area contributed by atoms with Crippen molar-refractivity contribution in [2.75, 3.05) is 60.6 Å².